The van der Waals surface area contributed by atoms with E-state index in [1.807, 2.05) is 0 Å². The molecule has 1 saturated heterocycles. The van der Waals surface area contributed by atoms with E-state index >= 15 is 0 Å². The highest BCUT2D eigenvalue weighted by Crippen LogP contribution is 2.19. The third-order valence-electron chi connectivity index (χ3n) is 3.05. The second-order valence-electron chi connectivity index (χ2n) is 4.74. The summed E-state index contributed by atoms with van der Waals surface area (Å²) in [7, 11) is 0. The van der Waals surface area contributed by atoms with Crippen LogP contribution in [-0.2, 0) is 11.3 Å². The molecule has 1 aliphatic rings. The monoisotopic (exact) mass is 292 g/mol. The number of halogens is 3. The summed E-state index contributed by atoms with van der Waals surface area (Å²) in [5, 5.41) is 13.2. The van der Waals surface area contributed by atoms with Crippen molar-refractivity contribution in [2.24, 2.45) is 0 Å². The van der Waals surface area contributed by atoms with Gasteiger partial charge in [-0.2, -0.15) is 13.2 Å². The molecule has 1 aromatic heterocycles. The maximum atomic E-state index is 12.2. The second kappa shape index (κ2) is 6.16. The molecule has 2 heterocycles. The topological polar surface area (TPSA) is 75.9 Å². The largest absolute Gasteiger partial charge is 0.401 e. The Morgan fingerprint density at radius 1 is 1.35 bits per heavy atom. The normalized spacial score (nSPS) is 18.1. The molecule has 1 amide bonds. The molecule has 1 aromatic rings. The van der Waals surface area contributed by atoms with E-state index in [2.05, 4.69) is 20.8 Å². The van der Waals surface area contributed by atoms with Gasteiger partial charge in [-0.1, -0.05) is 0 Å². The lowest BCUT2D eigenvalue weighted by atomic mass is 10.1. The smallest absolute Gasteiger partial charge is 0.352 e. The van der Waals surface area contributed by atoms with Crippen LogP contribution in [0.5, 0.6) is 0 Å². The number of aromatic nitrogens is 4. The third kappa shape index (κ3) is 4.76. The van der Waals surface area contributed by atoms with Crippen molar-refractivity contribution in [3.8, 4) is 0 Å². The maximum Gasteiger partial charge on any atom is 0.401 e. The van der Waals surface area contributed by atoms with E-state index in [4.69, 9.17) is 0 Å². The molecule has 0 radical (unpaired) electrons. The molecule has 0 spiro atoms. The summed E-state index contributed by atoms with van der Waals surface area (Å²) in [5.41, 5.74) is 0. The molecule has 1 aliphatic heterocycles. The lowest BCUT2D eigenvalue weighted by molar-refractivity contribution is -0.148. The Morgan fingerprint density at radius 3 is 2.60 bits per heavy atom. The molecule has 0 aliphatic carbocycles. The zero-order valence-electron chi connectivity index (χ0n) is 10.7. The molecule has 1 N–H and O–H groups in total. The van der Waals surface area contributed by atoms with Crippen LogP contribution in [0.3, 0.4) is 0 Å². The molecule has 0 unspecified atom stereocenters. The molecule has 0 aromatic carbocycles. The number of likely N-dealkylation sites (tertiary alicyclic amines) is 1. The molecule has 0 atom stereocenters. The SMILES string of the molecule is O=C(Cn1cnnn1)NC1CCN(CC(F)(F)F)CC1. The van der Waals surface area contributed by atoms with Crippen LogP contribution >= 0.6 is 0 Å². The summed E-state index contributed by atoms with van der Waals surface area (Å²) in [4.78, 5) is 13.0. The van der Waals surface area contributed by atoms with Crippen molar-refractivity contribution in [1.82, 2.24) is 30.4 Å². The highest BCUT2D eigenvalue weighted by molar-refractivity contribution is 5.75. The zero-order chi connectivity index (χ0) is 14.6. The number of hydrogen-bond acceptors (Lipinski definition) is 5. The molecule has 0 saturated carbocycles. The predicted octanol–water partition coefficient (Wildman–Crippen LogP) is -0.184. The lowest BCUT2D eigenvalue weighted by Gasteiger charge is -2.32. The number of amides is 1. The van der Waals surface area contributed by atoms with Crippen molar-refractivity contribution in [2.75, 3.05) is 19.6 Å². The summed E-state index contributed by atoms with van der Waals surface area (Å²) in [6, 6.07) is -0.0940. The van der Waals surface area contributed by atoms with Crippen molar-refractivity contribution in [3.05, 3.63) is 6.33 Å². The van der Waals surface area contributed by atoms with Crippen molar-refractivity contribution in [2.45, 2.75) is 31.6 Å². The fourth-order valence-corrected chi connectivity index (χ4v) is 2.16. The van der Waals surface area contributed by atoms with Gasteiger partial charge in [0.15, 0.2) is 0 Å². The van der Waals surface area contributed by atoms with E-state index in [9.17, 15) is 18.0 Å². The van der Waals surface area contributed by atoms with Crippen LogP contribution in [0.25, 0.3) is 0 Å². The average molecular weight is 292 g/mol. The molecular formula is C10H15F3N6O. The van der Waals surface area contributed by atoms with Crippen LogP contribution < -0.4 is 5.32 Å². The van der Waals surface area contributed by atoms with Gasteiger partial charge in [0.1, 0.15) is 12.9 Å². The number of nitrogens with one attached hydrogen (secondary N) is 1. The molecule has 1 fully saturated rings. The number of carbonyl (C=O) groups excluding carboxylic acids is 1. The second-order valence-corrected chi connectivity index (χ2v) is 4.74. The van der Waals surface area contributed by atoms with Crippen molar-refractivity contribution < 1.29 is 18.0 Å². The molecule has 0 bridgehead atoms. The zero-order valence-corrected chi connectivity index (χ0v) is 10.7. The summed E-state index contributed by atoms with van der Waals surface area (Å²) < 4.78 is 38.0. The van der Waals surface area contributed by atoms with E-state index in [0.717, 1.165) is 0 Å². The van der Waals surface area contributed by atoms with E-state index in [1.54, 1.807) is 0 Å². The van der Waals surface area contributed by atoms with Crippen molar-refractivity contribution in [1.29, 1.82) is 0 Å². The van der Waals surface area contributed by atoms with E-state index < -0.39 is 12.7 Å². The summed E-state index contributed by atoms with van der Waals surface area (Å²) in [6.45, 7) is -0.223. The van der Waals surface area contributed by atoms with Crippen molar-refractivity contribution in [3.63, 3.8) is 0 Å². The first kappa shape index (κ1) is 14.7. The molecule has 10 heteroatoms. The van der Waals surface area contributed by atoms with Crippen LogP contribution in [0, 0.1) is 0 Å². The number of tetrazole rings is 1. The van der Waals surface area contributed by atoms with Crippen LogP contribution in [0.1, 0.15) is 12.8 Å². The van der Waals surface area contributed by atoms with Crippen LogP contribution in [0.4, 0.5) is 13.2 Å². The minimum atomic E-state index is -4.17. The highest BCUT2D eigenvalue weighted by Gasteiger charge is 2.32. The van der Waals surface area contributed by atoms with Gasteiger partial charge in [-0.3, -0.25) is 9.69 Å². The van der Waals surface area contributed by atoms with E-state index in [0.29, 0.717) is 25.9 Å². The Morgan fingerprint density at radius 2 is 2.05 bits per heavy atom. The van der Waals surface area contributed by atoms with Crippen LogP contribution in [0.15, 0.2) is 6.33 Å². The van der Waals surface area contributed by atoms with Crippen molar-refractivity contribution >= 4 is 5.91 Å². The van der Waals surface area contributed by atoms with Gasteiger partial charge in [-0.15, -0.1) is 5.10 Å². The predicted molar refractivity (Wildman–Crippen MR) is 61.5 cm³/mol. The molecular weight excluding hydrogens is 277 g/mol. The number of alkyl halides is 3. The molecule has 20 heavy (non-hydrogen) atoms. The van der Waals surface area contributed by atoms with Gasteiger partial charge in [0.05, 0.1) is 6.54 Å². The van der Waals surface area contributed by atoms with Gasteiger partial charge in [0.25, 0.3) is 0 Å². The number of nitrogens with zero attached hydrogens (tertiary/aromatic N) is 5. The minimum absolute atomic E-state index is 0.00969. The highest BCUT2D eigenvalue weighted by atomic mass is 19.4. The number of rotatable bonds is 4. The van der Waals surface area contributed by atoms with Crippen LogP contribution in [-0.4, -0.2) is 62.9 Å². The Hall–Kier alpha value is -1.71. The Balaban J connectivity index is 1.70. The summed E-state index contributed by atoms with van der Waals surface area (Å²) in [5.74, 6) is -0.244. The number of carbonyl (C=O) groups is 1. The lowest BCUT2D eigenvalue weighted by Crippen LogP contribution is -2.47. The minimum Gasteiger partial charge on any atom is -0.352 e. The molecule has 2 rings (SSSR count). The van der Waals surface area contributed by atoms with Gasteiger partial charge in [0, 0.05) is 19.1 Å². The quantitative estimate of drug-likeness (QED) is 0.833. The first-order valence-electron chi connectivity index (χ1n) is 6.21. The van der Waals surface area contributed by atoms with Gasteiger partial charge in [0.2, 0.25) is 5.91 Å². The van der Waals surface area contributed by atoms with Gasteiger partial charge in [-0.05, 0) is 23.3 Å². The first-order valence-corrected chi connectivity index (χ1v) is 6.21. The number of hydrogen-bond donors (Lipinski definition) is 1. The molecule has 112 valence electrons. The maximum absolute atomic E-state index is 12.2. The van der Waals surface area contributed by atoms with Gasteiger partial charge in [-0.25, -0.2) is 4.68 Å². The van der Waals surface area contributed by atoms with Gasteiger partial charge >= 0.3 is 6.18 Å². The fourth-order valence-electron chi connectivity index (χ4n) is 2.16. The third-order valence-corrected chi connectivity index (χ3v) is 3.05. The molecule has 7 nitrogen and oxygen atoms in total. The Kier molecular flexibility index (Phi) is 4.53. The van der Waals surface area contributed by atoms with Gasteiger partial charge < -0.3 is 5.32 Å². The Labute approximate surface area is 113 Å². The van der Waals surface area contributed by atoms with Crippen LogP contribution in [0.2, 0.25) is 0 Å². The Bertz CT molecular complexity index is 427. The van der Waals surface area contributed by atoms with E-state index in [-0.39, 0.29) is 18.5 Å². The number of piperidine rings is 1. The average Bonchev–Trinajstić information content (AvgIpc) is 2.82. The first-order chi connectivity index (χ1) is 9.42. The van der Waals surface area contributed by atoms with E-state index in [1.165, 1.54) is 15.9 Å². The standard InChI is InChI=1S/C10H15F3N6O/c11-10(12,13)6-18-3-1-8(2-4-18)15-9(20)5-19-7-14-16-17-19/h7-8H,1-6H2,(H,15,20). The summed E-state index contributed by atoms with van der Waals surface area (Å²) in [6.07, 6.45) is -1.82. The fraction of sp³-hybridized carbons (Fsp3) is 0.800. The summed E-state index contributed by atoms with van der Waals surface area (Å²) >= 11 is 0.